The van der Waals surface area contributed by atoms with Gasteiger partial charge in [0.25, 0.3) is 0 Å². The fraction of sp³-hybridized carbons (Fsp3) is 1.00. The van der Waals surface area contributed by atoms with Crippen molar-refractivity contribution in [3.05, 3.63) is 0 Å². The predicted octanol–water partition coefficient (Wildman–Crippen LogP) is 7.37. The van der Waals surface area contributed by atoms with Gasteiger partial charge in [0, 0.05) is 0 Å². The molecule has 0 radical (unpaired) electrons. The molecule has 0 saturated heterocycles. The van der Waals surface area contributed by atoms with Crippen molar-refractivity contribution in [3.8, 4) is 0 Å². The zero-order chi connectivity index (χ0) is 14.3. The maximum atomic E-state index is 2.37. The molecule has 0 saturated carbocycles. The average Bonchev–Trinajstić information content (AvgIpc) is 2.45. The summed E-state index contributed by atoms with van der Waals surface area (Å²) in [5.74, 6) is 2.03. The van der Waals surface area contributed by atoms with Crippen molar-refractivity contribution in [1.82, 2.24) is 0 Å². The summed E-state index contributed by atoms with van der Waals surface area (Å²) in [6, 6.07) is 0. The molecule has 0 nitrogen and oxygen atoms in total. The van der Waals surface area contributed by atoms with E-state index in [9.17, 15) is 0 Å². The second kappa shape index (κ2) is 14.4. The Balaban J connectivity index is 3.50. The van der Waals surface area contributed by atoms with Crippen LogP contribution in [0, 0.1) is 11.8 Å². The van der Waals surface area contributed by atoms with Crippen LogP contribution >= 0.6 is 0 Å². The van der Waals surface area contributed by atoms with Gasteiger partial charge < -0.3 is 0 Å². The molecule has 0 aliphatic carbocycles. The predicted molar refractivity (Wildman–Crippen MR) is 89.7 cm³/mol. The molecule has 0 aromatic heterocycles. The number of rotatable bonds is 14. The van der Waals surface area contributed by atoms with Crippen LogP contribution in [-0.4, -0.2) is 0 Å². The van der Waals surface area contributed by atoms with Gasteiger partial charge in [-0.3, -0.25) is 0 Å². The minimum atomic E-state index is 1.02. The van der Waals surface area contributed by atoms with Crippen molar-refractivity contribution in [2.45, 2.75) is 111 Å². The van der Waals surface area contributed by atoms with E-state index in [2.05, 4.69) is 27.7 Å². The van der Waals surface area contributed by atoms with Crippen LogP contribution in [0.4, 0.5) is 0 Å². The lowest BCUT2D eigenvalue weighted by atomic mass is 9.90. The normalized spacial score (nSPS) is 14.5. The Morgan fingerprint density at radius 3 is 1.16 bits per heavy atom. The van der Waals surface area contributed by atoms with Gasteiger partial charge in [0.2, 0.25) is 0 Å². The van der Waals surface area contributed by atoms with E-state index in [4.69, 9.17) is 0 Å². The van der Waals surface area contributed by atoms with E-state index in [1.165, 1.54) is 83.5 Å². The fourth-order valence-corrected chi connectivity index (χ4v) is 3.13. The Labute approximate surface area is 123 Å². The monoisotopic (exact) mass is 268 g/mol. The zero-order valence-electron chi connectivity index (χ0n) is 14.3. The minimum Gasteiger partial charge on any atom is -0.0654 e. The second-order valence-corrected chi connectivity index (χ2v) is 6.47. The van der Waals surface area contributed by atoms with Crippen molar-refractivity contribution in [3.63, 3.8) is 0 Å². The SMILES string of the molecule is CCCCC(CC)CCCCCC(CC)CCCC. The summed E-state index contributed by atoms with van der Waals surface area (Å²) in [4.78, 5) is 0. The molecule has 0 fully saturated rings. The zero-order valence-corrected chi connectivity index (χ0v) is 14.3. The highest BCUT2D eigenvalue weighted by Gasteiger charge is 2.07. The maximum absolute atomic E-state index is 2.37. The van der Waals surface area contributed by atoms with Crippen molar-refractivity contribution in [1.29, 1.82) is 0 Å². The van der Waals surface area contributed by atoms with Gasteiger partial charge in [-0.15, -0.1) is 0 Å². The molecule has 2 unspecified atom stereocenters. The lowest BCUT2D eigenvalue weighted by Gasteiger charge is -2.16. The molecular weight excluding hydrogens is 228 g/mol. The van der Waals surface area contributed by atoms with Crippen LogP contribution < -0.4 is 0 Å². The maximum Gasteiger partial charge on any atom is -0.0417 e. The fourth-order valence-electron chi connectivity index (χ4n) is 3.13. The largest absolute Gasteiger partial charge is 0.0654 e. The molecule has 0 heterocycles. The van der Waals surface area contributed by atoms with E-state index in [1.807, 2.05) is 0 Å². The lowest BCUT2D eigenvalue weighted by Crippen LogP contribution is -2.01. The summed E-state index contributed by atoms with van der Waals surface area (Å²) < 4.78 is 0. The van der Waals surface area contributed by atoms with E-state index in [1.54, 1.807) is 0 Å². The van der Waals surface area contributed by atoms with Crippen molar-refractivity contribution >= 4 is 0 Å². The molecule has 0 aliphatic rings. The molecule has 0 bridgehead atoms. The third kappa shape index (κ3) is 11.5. The molecule has 0 N–H and O–H groups in total. The van der Waals surface area contributed by atoms with Gasteiger partial charge in [0.15, 0.2) is 0 Å². The van der Waals surface area contributed by atoms with Crippen LogP contribution in [-0.2, 0) is 0 Å². The van der Waals surface area contributed by atoms with Crippen LogP contribution in [0.2, 0.25) is 0 Å². The summed E-state index contributed by atoms with van der Waals surface area (Å²) >= 11 is 0. The molecule has 0 aliphatic heterocycles. The van der Waals surface area contributed by atoms with E-state index in [0.717, 1.165) is 11.8 Å². The standard InChI is InChI=1S/C19H40/c1-5-9-14-18(7-3)16-12-11-13-17-19(8-4)15-10-6-2/h18-19H,5-17H2,1-4H3. The molecule has 0 spiro atoms. The van der Waals surface area contributed by atoms with Gasteiger partial charge in [0.05, 0.1) is 0 Å². The van der Waals surface area contributed by atoms with Crippen LogP contribution in [0.15, 0.2) is 0 Å². The third-order valence-electron chi connectivity index (χ3n) is 4.81. The molecule has 19 heavy (non-hydrogen) atoms. The van der Waals surface area contributed by atoms with E-state index in [0.29, 0.717) is 0 Å². The first-order valence-electron chi connectivity index (χ1n) is 9.28. The molecule has 0 aromatic rings. The van der Waals surface area contributed by atoms with Crippen molar-refractivity contribution < 1.29 is 0 Å². The molecule has 0 amide bonds. The van der Waals surface area contributed by atoms with Gasteiger partial charge in [-0.05, 0) is 11.8 Å². The van der Waals surface area contributed by atoms with Gasteiger partial charge >= 0.3 is 0 Å². The van der Waals surface area contributed by atoms with Gasteiger partial charge in [0.1, 0.15) is 0 Å². The molecule has 116 valence electrons. The topological polar surface area (TPSA) is 0 Å². The number of hydrogen-bond acceptors (Lipinski definition) is 0. The van der Waals surface area contributed by atoms with Crippen molar-refractivity contribution in [2.75, 3.05) is 0 Å². The number of hydrogen-bond donors (Lipinski definition) is 0. The minimum absolute atomic E-state index is 1.02. The summed E-state index contributed by atoms with van der Waals surface area (Å²) in [6.45, 7) is 9.37. The highest BCUT2D eigenvalue weighted by molar-refractivity contribution is 4.61. The quantitative estimate of drug-likeness (QED) is 0.288. The van der Waals surface area contributed by atoms with Gasteiger partial charge in [-0.2, -0.15) is 0 Å². The van der Waals surface area contributed by atoms with E-state index >= 15 is 0 Å². The van der Waals surface area contributed by atoms with E-state index in [-0.39, 0.29) is 0 Å². The highest BCUT2D eigenvalue weighted by atomic mass is 14.1. The molecule has 0 heteroatoms. The summed E-state index contributed by atoms with van der Waals surface area (Å²) in [7, 11) is 0. The summed E-state index contributed by atoms with van der Waals surface area (Å²) in [5.41, 5.74) is 0. The second-order valence-electron chi connectivity index (χ2n) is 6.47. The van der Waals surface area contributed by atoms with Crippen LogP contribution in [0.1, 0.15) is 111 Å². The number of unbranched alkanes of at least 4 members (excludes halogenated alkanes) is 4. The van der Waals surface area contributed by atoms with Crippen LogP contribution in [0.3, 0.4) is 0 Å². The van der Waals surface area contributed by atoms with E-state index < -0.39 is 0 Å². The summed E-state index contributed by atoms with van der Waals surface area (Å²) in [6.07, 6.45) is 18.8. The molecule has 0 aromatic carbocycles. The van der Waals surface area contributed by atoms with Gasteiger partial charge in [-0.25, -0.2) is 0 Å². The Morgan fingerprint density at radius 1 is 0.474 bits per heavy atom. The van der Waals surface area contributed by atoms with Crippen molar-refractivity contribution in [2.24, 2.45) is 11.8 Å². The first-order chi connectivity index (χ1) is 9.28. The highest BCUT2D eigenvalue weighted by Crippen LogP contribution is 2.23. The first kappa shape index (κ1) is 19.0. The summed E-state index contributed by atoms with van der Waals surface area (Å²) in [5, 5.41) is 0. The average molecular weight is 269 g/mol. The smallest absolute Gasteiger partial charge is 0.0417 e. The Kier molecular flexibility index (Phi) is 14.4. The third-order valence-corrected chi connectivity index (χ3v) is 4.81. The Morgan fingerprint density at radius 2 is 0.842 bits per heavy atom. The Bertz CT molecular complexity index is 143. The Hall–Kier alpha value is 0. The van der Waals surface area contributed by atoms with Crippen LogP contribution in [0.5, 0.6) is 0 Å². The van der Waals surface area contributed by atoms with Gasteiger partial charge in [-0.1, -0.05) is 111 Å². The molecule has 2 atom stereocenters. The molecule has 0 rings (SSSR count). The first-order valence-corrected chi connectivity index (χ1v) is 9.28. The van der Waals surface area contributed by atoms with Crippen LogP contribution in [0.25, 0.3) is 0 Å². The lowest BCUT2D eigenvalue weighted by molar-refractivity contribution is 0.376. The molecular formula is C19H40.